The van der Waals surface area contributed by atoms with Gasteiger partial charge in [-0.05, 0) is 44.9 Å². The highest BCUT2D eigenvalue weighted by atomic mass is 15.3. The van der Waals surface area contributed by atoms with Crippen LogP contribution in [0.1, 0.15) is 25.0 Å². The molecule has 0 saturated heterocycles. The highest BCUT2D eigenvalue weighted by Crippen LogP contribution is 2.18. The number of hydrogen-bond acceptors (Lipinski definition) is 3. The van der Waals surface area contributed by atoms with Gasteiger partial charge in [-0.25, -0.2) is 0 Å². The van der Waals surface area contributed by atoms with Gasteiger partial charge in [0.1, 0.15) is 5.84 Å². The molecule has 18 heavy (non-hydrogen) atoms. The van der Waals surface area contributed by atoms with Crippen LogP contribution in [0.4, 0.5) is 5.69 Å². The molecule has 0 bridgehead atoms. The summed E-state index contributed by atoms with van der Waals surface area (Å²) in [5, 5.41) is 3.51. The second kappa shape index (κ2) is 5.42. The number of nitrogens with zero attached hydrogens (tertiary/aromatic N) is 2. The van der Waals surface area contributed by atoms with Gasteiger partial charge in [-0.3, -0.25) is 4.99 Å². The van der Waals surface area contributed by atoms with Crippen LogP contribution in [0.2, 0.25) is 0 Å². The smallest absolute Gasteiger partial charge is 0.119 e. The number of hydrogen-bond donors (Lipinski definition) is 1. The Morgan fingerprint density at radius 3 is 2.83 bits per heavy atom. The zero-order valence-corrected chi connectivity index (χ0v) is 11.8. The Hall–Kier alpha value is -1.51. The zero-order chi connectivity index (χ0) is 13.1. The zero-order valence-electron chi connectivity index (χ0n) is 11.8. The normalized spacial score (nSPS) is 15.2. The van der Waals surface area contributed by atoms with Gasteiger partial charge in [-0.2, -0.15) is 0 Å². The third kappa shape index (κ3) is 2.66. The molecular weight excluding hydrogens is 222 g/mol. The fourth-order valence-electron chi connectivity index (χ4n) is 2.34. The van der Waals surface area contributed by atoms with E-state index in [1.807, 2.05) is 0 Å². The van der Waals surface area contributed by atoms with Crippen molar-refractivity contribution in [2.45, 2.75) is 33.7 Å². The lowest BCUT2D eigenvalue weighted by Crippen LogP contribution is -2.37. The summed E-state index contributed by atoms with van der Waals surface area (Å²) in [4.78, 5) is 6.96. The van der Waals surface area contributed by atoms with Gasteiger partial charge in [0.25, 0.3) is 0 Å². The number of nitrogens with one attached hydrogen (secondary N) is 1. The van der Waals surface area contributed by atoms with Crippen LogP contribution in [-0.2, 0) is 0 Å². The summed E-state index contributed by atoms with van der Waals surface area (Å²) in [5.41, 5.74) is 3.87. The number of benzene rings is 1. The van der Waals surface area contributed by atoms with E-state index in [2.05, 4.69) is 61.1 Å². The van der Waals surface area contributed by atoms with Crippen molar-refractivity contribution in [3.8, 4) is 0 Å². The largest absolute Gasteiger partial charge is 0.378 e. The van der Waals surface area contributed by atoms with E-state index in [0.29, 0.717) is 6.04 Å². The molecule has 0 spiro atoms. The molecule has 0 atom stereocenters. The van der Waals surface area contributed by atoms with Crippen molar-refractivity contribution in [2.24, 2.45) is 4.99 Å². The van der Waals surface area contributed by atoms with Crippen LogP contribution >= 0.6 is 0 Å². The Bertz CT molecular complexity index is 449. The van der Waals surface area contributed by atoms with E-state index in [1.54, 1.807) is 0 Å². The second-order valence-electron chi connectivity index (χ2n) is 5.19. The van der Waals surface area contributed by atoms with Crippen LogP contribution in [0.5, 0.6) is 0 Å². The van der Waals surface area contributed by atoms with E-state index in [-0.39, 0.29) is 0 Å². The summed E-state index contributed by atoms with van der Waals surface area (Å²) >= 11 is 0. The maximum absolute atomic E-state index is 4.59. The minimum absolute atomic E-state index is 0.534. The number of aliphatic imine (C=N–C) groups is 1. The van der Waals surface area contributed by atoms with Gasteiger partial charge >= 0.3 is 0 Å². The maximum atomic E-state index is 4.59. The first-order chi connectivity index (χ1) is 8.59. The summed E-state index contributed by atoms with van der Waals surface area (Å²) in [6.07, 6.45) is 0. The quantitative estimate of drug-likeness (QED) is 0.883. The fraction of sp³-hybridized carbons (Fsp3) is 0.533. The summed E-state index contributed by atoms with van der Waals surface area (Å²) in [6, 6.07) is 6.92. The van der Waals surface area contributed by atoms with Crippen LogP contribution in [0, 0.1) is 13.8 Å². The van der Waals surface area contributed by atoms with Crippen LogP contribution < -0.4 is 5.32 Å². The summed E-state index contributed by atoms with van der Waals surface area (Å²) in [6.45, 7) is 11.6. The molecule has 0 saturated carbocycles. The Morgan fingerprint density at radius 1 is 1.33 bits per heavy atom. The Balaban J connectivity index is 2.02. The average Bonchev–Trinajstić information content (AvgIpc) is 2.79. The van der Waals surface area contributed by atoms with E-state index < -0.39 is 0 Å². The lowest BCUT2D eigenvalue weighted by Gasteiger charge is -2.25. The van der Waals surface area contributed by atoms with E-state index in [1.165, 1.54) is 22.6 Å². The number of anilines is 1. The SMILES string of the molecule is Cc1cccc(NCC2=NCCN2C(C)C)c1C. The number of amidine groups is 1. The second-order valence-corrected chi connectivity index (χ2v) is 5.19. The first kappa shape index (κ1) is 12.9. The molecule has 1 aliphatic heterocycles. The van der Waals surface area contributed by atoms with Crippen molar-refractivity contribution in [3.63, 3.8) is 0 Å². The molecular formula is C15H23N3. The summed E-state index contributed by atoms with van der Waals surface area (Å²) in [7, 11) is 0. The molecule has 1 aromatic rings. The van der Waals surface area contributed by atoms with Crippen molar-refractivity contribution in [1.82, 2.24) is 4.90 Å². The van der Waals surface area contributed by atoms with E-state index in [0.717, 1.165) is 19.6 Å². The first-order valence-electron chi connectivity index (χ1n) is 6.69. The van der Waals surface area contributed by atoms with Crippen LogP contribution in [0.25, 0.3) is 0 Å². The lowest BCUT2D eigenvalue weighted by atomic mass is 10.1. The van der Waals surface area contributed by atoms with Gasteiger partial charge in [0, 0.05) is 18.3 Å². The minimum Gasteiger partial charge on any atom is -0.378 e. The highest BCUT2D eigenvalue weighted by Gasteiger charge is 2.18. The number of aryl methyl sites for hydroxylation is 1. The molecule has 0 unspecified atom stereocenters. The van der Waals surface area contributed by atoms with Gasteiger partial charge in [-0.15, -0.1) is 0 Å². The molecule has 0 fully saturated rings. The van der Waals surface area contributed by atoms with Crippen molar-refractivity contribution >= 4 is 11.5 Å². The molecule has 0 aliphatic carbocycles. The fourth-order valence-corrected chi connectivity index (χ4v) is 2.34. The van der Waals surface area contributed by atoms with Crippen molar-refractivity contribution < 1.29 is 0 Å². The third-order valence-corrected chi connectivity index (χ3v) is 3.63. The van der Waals surface area contributed by atoms with E-state index in [4.69, 9.17) is 0 Å². The molecule has 2 rings (SSSR count). The lowest BCUT2D eigenvalue weighted by molar-refractivity contribution is 0.377. The Kier molecular flexibility index (Phi) is 3.90. The molecule has 1 heterocycles. The molecule has 1 aromatic carbocycles. The molecule has 1 aliphatic rings. The molecule has 98 valence electrons. The maximum Gasteiger partial charge on any atom is 0.119 e. The third-order valence-electron chi connectivity index (χ3n) is 3.63. The molecule has 0 radical (unpaired) electrons. The predicted octanol–water partition coefficient (Wildman–Crippen LogP) is 2.84. The van der Waals surface area contributed by atoms with Gasteiger partial charge in [0.2, 0.25) is 0 Å². The minimum atomic E-state index is 0.534. The van der Waals surface area contributed by atoms with Crippen molar-refractivity contribution in [2.75, 3.05) is 25.0 Å². The van der Waals surface area contributed by atoms with Crippen LogP contribution in [0.3, 0.4) is 0 Å². The van der Waals surface area contributed by atoms with Crippen LogP contribution in [0.15, 0.2) is 23.2 Å². The molecule has 0 amide bonds. The Morgan fingerprint density at radius 2 is 2.11 bits per heavy atom. The van der Waals surface area contributed by atoms with Gasteiger partial charge < -0.3 is 10.2 Å². The van der Waals surface area contributed by atoms with Crippen molar-refractivity contribution in [3.05, 3.63) is 29.3 Å². The van der Waals surface area contributed by atoms with E-state index >= 15 is 0 Å². The monoisotopic (exact) mass is 245 g/mol. The Labute approximate surface area is 110 Å². The first-order valence-corrected chi connectivity index (χ1v) is 6.69. The topological polar surface area (TPSA) is 27.6 Å². The summed E-state index contributed by atoms with van der Waals surface area (Å²) < 4.78 is 0. The highest BCUT2D eigenvalue weighted by molar-refractivity contribution is 5.88. The van der Waals surface area contributed by atoms with Gasteiger partial charge in [0.05, 0.1) is 13.1 Å². The average molecular weight is 245 g/mol. The molecule has 1 N–H and O–H groups in total. The molecule has 0 aromatic heterocycles. The molecule has 3 heteroatoms. The van der Waals surface area contributed by atoms with E-state index in [9.17, 15) is 0 Å². The predicted molar refractivity (Wildman–Crippen MR) is 78.5 cm³/mol. The van der Waals surface area contributed by atoms with Crippen molar-refractivity contribution in [1.29, 1.82) is 0 Å². The van der Waals surface area contributed by atoms with Gasteiger partial charge in [-0.1, -0.05) is 12.1 Å². The number of rotatable bonds is 4. The van der Waals surface area contributed by atoms with Crippen LogP contribution in [-0.4, -0.2) is 36.4 Å². The summed E-state index contributed by atoms with van der Waals surface area (Å²) in [5.74, 6) is 1.19. The standard InChI is InChI=1S/C15H23N3/c1-11(2)18-9-8-16-15(18)10-17-14-7-5-6-12(3)13(14)4/h5-7,11,17H,8-10H2,1-4H3. The molecule has 3 nitrogen and oxygen atoms in total. The van der Waals surface area contributed by atoms with Gasteiger partial charge in [0.15, 0.2) is 0 Å².